The lowest BCUT2D eigenvalue weighted by Crippen LogP contribution is -2.37. The van der Waals surface area contributed by atoms with Crippen molar-refractivity contribution in [2.24, 2.45) is 5.41 Å². The Hall–Kier alpha value is -4.28. The minimum Gasteiger partial charge on any atom is -0.481 e. The molecular weight excluding hydrogens is 489 g/mol. The van der Waals surface area contributed by atoms with Crippen LogP contribution in [0.1, 0.15) is 47.7 Å². The summed E-state index contributed by atoms with van der Waals surface area (Å²) in [5.41, 5.74) is 0.678. The normalized spacial score (nSPS) is 17.1. The molecule has 3 N–H and O–H groups in total. The predicted octanol–water partition coefficient (Wildman–Crippen LogP) is 5.81. The van der Waals surface area contributed by atoms with E-state index >= 15 is 0 Å². The van der Waals surface area contributed by atoms with Crippen molar-refractivity contribution in [2.45, 2.75) is 38.8 Å². The summed E-state index contributed by atoms with van der Waals surface area (Å²) < 4.78 is 38.6. The number of ketones is 1. The van der Waals surface area contributed by atoms with Crippen LogP contribution in [0, 0.1) is 5.41 Å². The Morgan fingerprint density at radius 1 is 1.08 bits per heavy atom. The highest BCUT2D eigenvalue weighted by atomic mass is 19.4. The van der Waals surface area contributed by atoms with E-state index < -0.39 is 29.2 Å². The standard InChI is InChI=1S/C26H23F3N4O4/c1-2-25(12-22(34)35)9-8-15-10-16(6-7-19(15)23(25)36)20-13-31-21(14-30-20)33-24(37)32-18-5-3-4-17(11-18)26(27,28)29/h3-7,10-11,13-14H,2,8-9,12H2,1H3,(H,34,35)(H2,31,32,33,37)/t25-/m1/s1. The minimum absolute atomic E-state index is 0.0315. The molecule has 192 valence electrons. The molecule has 0 saturated heterocycles. The first-order chi connectivity index (χ1) is 17.5. The fourth-order valence-electron chi connectivity index (χ4n) is 4.47. The fraction of sp³-hybridized carbons (Fsp3) is 0.269. The Bertz CT molecular complexity index is 1360. The van der Waals surface area contributed by atoms with Crippen molar-refractivity contribution in [1.82, 2.24) is 9.97 Å². The predicted molar refractivity (Wildman–Crippen MR) is 129 cm³/mol. The van der Waals surface area contributed by atoms with Gasteiger partial charge in [-0.2, -0.15) is 13.2 Å². The van der Waals surface area contributed by atoms with Gasteiger partial charge in [0.2, 0.25) is 0 Å². The summed E-state index contributed by atoms with van der Waals surface area (Å²) in [6.07, 6.45) is -0.560. The van der Waals surface area contributed by atoms with Crippen LogP contribution in [-0.2, 0) is 17.4 Å². The van der Waals surface area contributed by atoms with Gasteiger partial charge in [-0.1, -0.05) is 25.1 Å². The largest absolute Gasteiger partial charge is 0.481 e. The number of carbonyl (C=O) groups is 3. The first kappa shape index (κ1) is 25.8. The summed E-state index contributed by atoms with van der Waals surface area (Å²) in [7, 11) is 0. The molecule has 11 heteroatoms. The number of carbonyl (C=O) groups excluding carboxylic acids is 2. The molecule has 1 heterocycles. The summed E-state index contributed by atoms with van der Waals surface area (Å²) in [4.78, 5) is 45.1. The smallest absolute Gasteiger partial charge is 0.416 e. The average molecular weight is 512 g/mol. The second kappa shape index (κ2) is 10.00. The van der Waals surface area contributed by atoms with Crippen LogP contribution < -0.4 is 10.6 Å². The number of rotatable bonds is 6. The van der Waals surface area contributed by atoms with Gasteiger partial charge < -0.3 is 10.4 Å². The van der Waals surface area contributed by atoms with Crippen LogP contribution in [0.25, 0.3) is 11.3 Å². The molecule has 2 aromatic carbocycles. The number of nitrogens with zero attached hydrogens (tertiary/aromatic N) is 2. The van der Waals surface area contributed by atoms with E-state index in [-0.39, 0.29) is 23.7 Å². The zero-order valence-corrected chi connectivity index (χ0v) is 19.7. The Labute approximate surface area is 210 Å². The number of benzene rings is 2. The molecule has 0 bridgehead atoms. The summed E-state index contributed by atoms with van der Waals surface area (Å²) in [6, 6.07) is 8.67. The number of amides is 2. The Kier molecular flexibility index (Phi) is 6.97. The highest BCUT2D eigenvalue weighted by molar-refractivity contribution is 6.04. The molecule has 0 fully saturated rings. The number of anilines is 2. The van der Waals surface area contributed by atoms with Crippen molar-refractivity contribution < 1.29 is 32.7 Å². The topological polar surface area (TPSA) is 121 Å². The van der Waals surface area contributed by atoms with E-state index in [0.717, 1.165) is 17.7 Å². The molecule has 0 unspecified atom stereocenters. The van der Waals surface area contributed by atoms with Gasteiger partial charge in [-0.25, -0.2) is 9.78 Å². The molecule has 1 atom stereocenters. The molecule has 0 aliphatic heterocycles. The summed E-state index contributed by atoms with van der Waals surface area (Å²) >= 11 is 0. The summed E-state index contributed by atoms with van der Waals surface area (Å²) in [5, 5.41) is 14.0. The lowest BCUT2D eigenvalue weighted by Gasteiger charge is -2.34. The highest BCUT2D eigenvalue weighted by Crippen LogP contribution is 2.42. The first-order valence-electron chi connectivity index (χ1n) is 11.5. The zero-order chi connectivity index (χ0) is 26.8. The molecule has 2 amide bonds. The third-order valence-electron chi connectivity index (χ3n) is 6.51. The third-order valence-corrected chi connectivity index (χ3v) is 6.51. The van der Waals surface area contributed by atoms with Crippen LogP contribution in [0.3, 0.4) is 0 Å². The van der Waals surface area contributed by atoms with E-state index in [4.69, 9.17) is 0 Å². The first-order valence-corrected chi connectivity index (χ1v) is 11.5. The number of urea groups is 1. The fourth-order valence-corrected chi connectivity index (χ4v) is 4.47. The van der Waals surface area contributed by atoms with E-state index in [0.29, 0.717) is 36.1 Å². The van der Waals surface area contributed by atoms with E-state index in [1.807, 2.05) is 13.0 Å². The van der Waals surface area contributed by atoms with Crippen LogP contribution in [-0.4, -0.2) is 32.9 Å². The van der Waals surface area contributed by atoms with Gasteiger partial charge in [0, 0.05) is 22.2 Å². The third kappa shape index (κ3) is 5.60. The number of hydrogen-bond acceptors (Lipinski definition) is 5. The van der Waals surface area contributed by atoms with Crippen LogP contribution in [0.2, 0.25) is 0 Å². The molecule has 0 saturated carbocycles. The molecule has 3 aromatic rings. The molecule has 1 aliphatic carbocycles. The number of carboxylic acid groups (broad SMARTS) is 1. The maximum atomic E-state index is 13.1. The van der Waals surface area contributed by atoms with Gasteiger partial charge >= 0.3 is 18.2 Å². The van der Waals surface area contributed by atoms with E-state index in [1.165, 1.54) is 24.5 Å². The molecule has 0 spiro atoms. The quantitative estimate of drug-likeness (QED) is 0.383. The number of alkyl halides is 3. The van der Waals surface area contributed by atoms with Gasteiger partial charge in [0.05, 0.1) is 30.1 Å². The molecule has 8 nitrogen and oxygen atoms in total. The molecule has 1 aromatic heterocycles. The van der Waals surface area contributed by atoms with Crippen molar-refractivity contribution in [3.8, 4) is 11.3 Å². The maximum absolute atomic E-state index is 13.1. The number of aliphatic carboxylic acids is 1. The number of nitrogens with one attached hydrogen (secondary N) is 2. The summed E-state index contributed by atoms with van der Waals surface area (Å²) in [5.74, 6) is -1.08. The van der Waals surface area contributed by atoms with Crippen molar-refractivity contribution in [3.05, 3.63) is 71.5 Å². The van der Waals surface area contributed by atoms with Crippen molar-refractivity contribution in [2.75, 3.05) is 10.6 Å². The van der Waals surface area contributed by atoms with Gasteiger partial charge in [-0.3, -0.25) is 19.9 Å². The Morgan fingerprint density at radius 2 is 1.86 bits per heavy atom. The summed E-state index contributed by atoms with van der Waals surface area (Å²) in [6.45, 7) is 1.82. The molecular formula is C26H23F3N4O4. The molecule has 1 aliphatic rings. The number of halogens is 3. The number of aryl methyl sites for hydroxylation is 1. The van der Waals surface area contributed by atoms with Crippen LogP contribution in [0.5, 0.6) is 0 Å². The highest BCUT2D eigenvalue weighted by Gasteiger charge is 2.42. The number of fused-ring (bicyclic) bond motifs is 1. The van der Waals surface area contributed by atoms with Gasteiger partial charge in [0.15, 0.2) is 11.6 Å². The van der Waals surface area contributed by atoms with Crippen molar-refractivity contribution >= 4 is 29.3 Å². The second-order valence-electron chi connectivity index (χ2n) is 8.85. The van der Waals surface area contributed by atoms with Gasteiger partial charge in [0.1, 0.15) is 0 Å². The lowest BCUT2D eigenvalue weighted by atomic mass is 9.67. The van der Waals surface area contributed by atoms with E-state index in [9.17, 15) is 32.7 Å². The van der Waals surface area contributed by atoms with Crippen molar-refractivity contribution in [1.29, 1.82) is 0 Å². The van der Waals surface area contributed by atoms with Gasteiger partial charge in [-0.15, -0.1) is 0 Å². The number of hydrogen-bond donors (Lipinski definition) is 3. The molecule has 4 rings (SSSR count). The van der Waals surface area contributed by atoms with Crippen LogP contribution >= 0.6 is 0 Å². The van der Waals surface area contributed by atoms with E-state index in [2.05, 4.69) is 20.6 Å². The van der Waals surface area contributed by atoms with Crippen LogP contribution in [0.15, 0.2) is 54.9 Å². The lowest BCUT2D eigenvalue weighted by molar-refractivity contribution is -0.139. The molecule has 37 heavy (non-hydrogen) atoms. The molecule has 0 radical (unpaired) electrons. The number of Topliss-reactive ketones (excluding diaryl/α,β-unsaturated/α-hetero) is 1. The van der Waals surface area contributed by atoms with Gasteiger partial charge in [0.25, 0.3) is 0 Å². The van der Waals surface area contributed by atoms with Crippen LogP contribution in [0.4, 0.5) is 29.5 Å². The monoisotopic (exact) mass is 512 g/mol. The Balaban J connectivity index is 1.45. The average Bonchev–Trinajstić information content (AvgIpc) is 2.85. The second-order valence-corrected chi connectivity index (χ2v) is 8.85. The van der Waals surface area contributed by atoms with Gasteiger partial charge in [-0.05, 0) is 49.1 Å². The zero-order valence-electron chi connectivity index (χ0n) is 19.7. The maximum Gasteiger partial charge on any atom is 0.416 e. The SMILES string of the molecule is CC[C@]1(CC(=O)O)CCc2cc(-c3cnc(NC(=O)Nc4cccc(C(F)(F)F)c4)cn3)ccc2C1=O. The number of carboxylic acids is 1. The Morgan fingerprint density at radius 3 is 2.51 bits per heavy atom. The minimum atomic E-state index is -4.53. The van der Waals surface area contributed by atoms with E-state index in [1.54, 1.807) is 12.1 Å². The van der Waals surface area contributed by atoms with Crippen molar-refractivity contribution in [3.63, 3.8) is 0 Å². The number of aromatic nitrogens is 2.